The zero-order valence-electron chi connectivity index (χ0n) is 11.3. The molecule has 7 heteroatoms. The maximum Gasteiger partial charge on any atom is 0.237 e. The number of carbonyl (C=O) groups is 1. The maximum absolute atomic E-state index is 11.6. The summed E-state index contributed by atoms with van der Waals surface area (Å²) in [7, 11) is 2.96. The van der Waals surface area contributed by atoms with Gasteiger partial charge in [0.15, 0.2) is 11.5 Å². The number of amides is 1. The van der Waals surface area contributed by atoms with E-state index >= 15 is 0 Å². The summed E-state index contributed by atoms with van der Waals surface area (Å²) in [5.41, 5.74) is 0.557. The lowest BCUT2D eigenvalue weighted by molar-refractivity contribution is -0.529. The van der Waals surface area contributed by atoms with Crippen molar-refractivity contribution in [3.8, 4) is 11.5 Å². The molecule has 108 valence electrons. The fourth-order valence-electron chi connectivity index (χ4n) is 2.46. The Morgan fingerprint density at radius 3 is 2.70 bits per heavy atom. The summed E-state index contributed by atoms with van der Waals surface area (Å²) in [6.45, 7) is 0. The molecular formula is C13H16N2O5. The lowest BCUT2D eigenvalue weighted by Crippen LogP contribution is -2.45. The number of methoxy groups -OCH3 is 2. The van der Waals surface area contributed by atoms with Gasteiger partial charge in [0, 0.05) is 23.3 Å². The van der Waals surface area contributed by atoms with Crippen molar-refractivity contribution in [1.29, 1.82) is 0 Å². The molecule has 1 saturated heterocycles. The average molecular weight is 280 g/mol. The van der Waals surface area contributed by atoms with Crippen molar-refractivity contribution in [2.75, 3.05) is 14.2 Å². The summed E-state index contributed by atoms with van der Waals surface area (Å²) < 4.78 is 10.5. The van der Waals surface area contributed by atoms with E-state index < -0.39 is 12.1 Å². The number of piperidine rings is 1. The van der Waals surface area contributed by atoms with E-state index in [2.05, 4.69) is 5.32 Å². The fraction of sp³-hybridized carbons (Fsp3) is 0.462. The molecule has 1 fully saturated rings. The summed E-state index contributed by atoms with van der Waals surface area (Å²) in [4.78, 5) is 22.4. The van der Waals surface area contributed by atoms with Crippen LogP contribution in [0.5, 0.6) is 11.5 Å². The van der Waals surface area contributed by atoms with Crippen molar-refractivity contribution < 1.29 is 19.2 Å². The van der Waals surface area contributed by atoms with Gasteiger partial charge in [-0.25, -0.2) is 0 Å². The maximum atomic E-state index is 11.6. The monoisotopic (exact) mass is 280 g/mol. The lowest BCUT2D eigenvalue weighted by Gasteiger charge is -2.28. The van der Waals surface area contributed by atoms with Crippen LogP contribution in [0.15, 0.2) is 18.2 Å². The predicted molar refractivity (Wildman–Crippen MR) is 70.4 cm³/mol. The summed E-state index contributed by atoms with van der Waals surface area (Å²) in [6, 6.07) is 3.54. The van der Waals surface area contributed by atoms with E-state index in [4.69, 9.17) is 9.47 Å². The van der Waals surface area contributed by atoms with E-state index in [1.54, 1.807) is 18.2 Å². The Hall–Kier alpha value is -2.31. The van der Waals surface area contributed by atoms with Crippen molar-refractivity contribution in [3.05, 3.63) is 33.9 Å². The van der Waals surface area contributed by atoms with Gasteiger partial charge >= 0.3 is 0 Å². The van der Waals surface area contributed by atoms with Crippen LogP contribution in [0.2, 0.25) is 0 Å². The molecule has 1 aromatic rings. The van der Waals surface area contributed by atoms with Crippen molar-refractivity contribution in [2.45, 2.75) is 24.9 Å². The van der Waals surface area contributed by atoms with Gasteiger partial charge in [0.1, 0.15) is 6.04 Å². The van der Waals surface area contributed by atoms with Gasteiger partial charge in [-0.3, -0.25) is 14.9 Å². The summed E-state index contributed by atoms with van der Waals surface area (Å²) in [6.07, 6.45) is 0.373. The third-order valence-electron chi connectivity index (χ3n) is 3.41. The summed E-state index contributed by atoms with van der Waals surface area (Å²) in [5.74, 6) is 0.693. The Labute approximate surface area is 116 Å². The van der Waals surface area contributed by atoms with Crippen molar-refractivity contribution in [2.24, 2.45) is 0 Å². The van der Waals surface area contributed by atoms with Crippen LogP contribution in [0.25, 0.3) is 0 Å². The largest absolute Gasteiger partial charge is 0.493 e. The molecular weight excluding hydrogens is 264 g/mol. The molecule has 0 unspecified atom stereocenters. The summed E-state index contributed by atoms with van der Waals surface area (Å²) in [5, 5.41) is 13.9. The van der Waals surface area contributed by atoms with Crippen LogP contribution < -0.4 is 14.8 Å². The van der Waals surface area contributed by atoms with Gasteiger partial charge < -0.3 is 14.8 Å². The number of ether oxygens (including phenoxy) is 2. The predicted octanol–water partition coefficient (Wildman–Crippen LogP) is 1.30. The molecule has 2 atom stereocenters. The van der Waals surface area contributed by atoms with E-state index in [-0.39, 0.29) is 23.7 Å². The van der Waals surface area contributed by atoms with E-state index in [0.29, 0.717) is 17.1 Å². The molecule has 0 spiro atoms. The molecule has 2 rings (SSSR count). The molecule has 7 nitrogen and oxygen atoms in total. The van der Waals surface area contributed by atoms with E-state index in [0.717, 1.165) is 0 Å². The number of para-hydroxylation sites is 1. The smallest absolute Gasteiger partial charge is 0.237 e. The fourth-order valence-corrected chi connectivity index (χ4v) is 2.46. The number of hydrogen-bond donors (Lipinski definition) is 1. The van der Waals surface area contributed by atoms with Crippen LogP contribution in [0.3, 0.4) is 0 Å². The second-order valence-corrected chi connectivity index (χ2v) is 4.52. The summed E-state index contributed by atoms with van der Waals surface area (Å²) >= 11 is 0. The lowest BCUT2D eigenvalue weighted by atomic mass is 9.91. The van der Waals surface area contributed by atoms with Gasteiger partial charge in [-0.05, 0) is 6.07 Å². The Balaban J connectivity index is 2.46. The zero-order valence-corrected chi connectivity index (χ0v) is 11.3. The number of benzene rings is 1. The number of nitro groups is 1. The molecule has 0 bridgehead atoms. The molecule has 1 amide bonds. The first kappa shape index (κ1) is 14.1. The molecule has 0 aromatic heterocycles. The first-order valence-corrected chi connectivity index (χ1v) is 6.22. The van der Waals surface area contributed by atoms with Crippen LogP contribution in [-0.4, -0.2) is 31.1 Å². The number of nitrogens with one attached hydrogen (secondary N) is 1. The minimum atomic E-state index is -0.867. The molecule has 1 N–H and O–H groups in total. The third-order valence-corrected chi connectivity index (χ3v) is 3.41. The third kappa shape index (κ3) is 2.52. The Kier molecular flexibility index (Phi) is 4.07. The zero-order chi connectivity index (χ0) is 14.7. The number of carbonyl (C=O) groups excluding carboxylic acids is 1. The minimum absolute atomic E-state index is 0.161. The number of rotatable bonds is 4. The van der Waals surface area contributed by atoms with Crippen LogP contribution in [0.4, 0.5) is 0 Å². The van der Waals surface area contributed by atoms with Crippen molar-refractivity contribution >= 4 is 5.91 Å². The molecule has 1 heterocycles. The number of hydrogen-bond acceptors (Lipinski definition) is 5. The highest BCUT2D eigenvalue weighted by atomic mass is 16.6. The van der Waals surface area contributed by atoms with E-state index in [1.807, 2.05) is 0 Å². The second-order valence-electron chi connectivity index (χ2n) is 4.52. The van der Waals surface area contributed by atoms with Crippen LogP contribution in [-0.2, 0) is 4.79 Å². The quantitative estimate of drug-likeness (QED) is 0.663. The topological polar surface area (TPSA) is 90.7 Å². The van der Waals surface area contributed by atoms with Gasteiger partial charge in [-0.15, -0.1) is 0 Å². The SMILES string of the molecule is COc1cccc([C@H]2NC(=O)CC[C@H]2[N+](=O)[O-])c1OC. The normalized spacial score (nSPS) is 22.0. The Morgan fingerprint density at radius 2 is 2.10 bits per heavy atom. The Morgan fingerprint density at radius 1 is 1.35 bits per heavy atom. The minimum Gasteiger partial charge on any atom is -0.493 e. The molecule has 0 saturated carbocycles. The molecule has 1 aliphatic heterocycles. The van der Waals surface area contributed by atoms with Crippen LogP contribution >= 0.6 is 0 Å². The van der Waals surface area contributed by atoms with E-state index in [9.17, 15) is 14.9 Å². The highest BCUT2D eigenvalue weighted by Crippen LogP contribution is 2.38. The molecule has 0 aliphatic carbocycles. The highest BCUT2D eigenvalue weighted by molar-refractivity contribution is 5.77. The molecule has 1 aliphatic rings. The van der Waals surface area contributed by atoms with Gasteiger partial charge in [0.05, 0.1) is 14.2 Å². The highest BCUT2D eigenvalue weighted by Gasteiger charge is 2.40. The average Bonchev–Trinajstić information content (AvgIpc) is 2.45. The van der Waals surface area contributed by atoms with Crippen molar-refractivity contribution in [1.82, 2.24) is 5.32 Å². The van der Waals surface area contributed by atoms with Crippen LogP contribution in [0, 0.1) is 10.1 Å². The molecule has 20 heavy (non-hydrogen) atoms. The standard InChI is InChI=1S/C13H16N2O5/c1-19-10-5-3-4-8(13(10)20-2)12-9(15(17)18)6-7-11(16)14-12/h3-5,9,12H,6-7H2,1-2H3,(H,14,16)/t9-,12-/m1/s1. The van der Waals surface area contributed by atoms with Crippen LogP contribution in [0.1, 0.15) is 24.4 Å². The van der Waals surface area contributed by atoms with Crippen molar-refractivity contribution in [3.63, 3.8) is 0 Å². The van der Waals surface area contributed by atoms with Gasteiger partial charge in [0.25, 0.3) is 0 Å². The second kappa shape index (κ2) is 5.77. The Bertz CT molecular complexity index is 531. The molecule has 1 aromatic carbocycles. The van der Waals surface area contributed by atoms with Gasteiger partial charge in [-0.2, -0.15) is 0 Å². The van der Waals surface area contributed by atoms with Gasteiger partial charge in [0.2, 0.25) is 11.9 Å². The first-order valence-electron chi connectivity index (χ1n) is 6.22. The van der Waals surface area contributed by atoms with E-state index in [1.165, 1.54) is 14.2 Å². The molecule has 0 radical (unpaired) electrons. The first-order chi connectivity index (χ1) is 9.58. The van der Waals surface area contributed by atoms with Gasteiger partial charge in [-0.1, -0.05) is 12.1 Å². The number of nitrogens with zero attached hydrogens (tertiary/aromatic N) is 1.